The standard InChI is InChI=1S/C18H19ClN2OS/c19-14-11-15(23-17(14)13-4-2-1-3-5-13)18(22)20-16-10-12-6-8-21(16)9-7-12/h1-5,11-12,16H,6-10H2,(H,20,22). The van der Waals surface area contributed by atoms with Crippen LogP contribution in [0, 0.1) is 5.92 Å². The number of halogens is 1. The predicted octanol–water partition coefficient (Wildman–Crippen LogP) is 4.24. The van der Waals surface area contributed by atoms with Gasteiger partial charge in [0.2, 0.25) is 0 Å². The molecule has 3 saturated heterocycles. The quantitative estimate of drug-likeness (QED) is 0.901. The number of rotatable bonds is 3. The van der Waals surface area contributed by atoms with Crippen LogP contribution in [0.2, 0.25) is 5.02 Å². The molecule has 5 rings (SSSR count). The Morgan fingerprint density at radius 3 is 2.61 bits per heavy atom. The fourth-order valence-corrected chi connectivity index (χ4v) is 4.96. The van der Waals surface area contributed by atoms with Crippen molar-refractivity contribution in [3.8, 4) is 10.4 Å². The fraction of sp³-hybridized carbons (Fsp3) is 0.389. The van der Waals surface area contributed by atoms with E-state index in [4.69, 9.17) is 11.6 Å². The van der Waals surface area contributed by atoms with Crippen molar-refractivity contribution in [2.24, 2.45) is 5.92 Å². The molecule has 120 valence electrons. The number of amides is 1. The Hall–Kier alpha value is -1.36. The van der Waals surface area contributed by atoms with Crippen LogP contribution in [-0.2, 0) is 0 Å². The third kappa shape index (κ3) is 3.03. The number of piperidine rings is 3. The summed E-state index contributed by atoms with van der Waals surface area (Å²) in [7, 11) is 0. The van der Waals surface area contributed by atoms with Gasteiger partial charge in [-0.2, -0.15) is 0 Å². The van der Waals surface area contributed by atoms with E-state index >= 15 is 0 Å². The van der Waals surface area contributed by atoms with E-state index in [2.05, 4.69) is 10.2 Å². The monoisotopic (exact) mass is 346 g/mol. The first-order valence-electron chi connectivity index (χ1n) is 8.10. The zero-order valence-electron chi connectivity index (χ0n) is 12.8. The maximum Gasteiger partial charge on any atom is 0.262 e. The summed E-state index contributed by atoms with van der Waals surface area (Å²) in [6, 6.07) is 11.8. The third-order valence-corrected chi connectivity index (χ3v) is 6.48. The minimum atomic E-state index is -0.00312. The SMILES string of the molecule is O=C(NC1CC2CCN1CC2)c1cc(Cl)c(-c2ccccc2)s1. The van der Waals surface area contributed by atoms with Gasteiger partial charge in [0.05, 0.1) is 20.9 Å². The molecule has 1 unspecified atom stereocenters. The number of nitrogens with zero attached hydrogens (tertiary/aromatic N) is 1. The second-order valence-electron chi connectivity index (χ2n) is 6.36. The summed E-state index contributed by atoms with van der Waals surface area (Å²) in [5.41, 5.74) is 1.06. The molecule has 0 radical (unpaired) electrons. The van der Waals surface area contributed by atoms with E-state index in [1.807, 2.05) is 30.3 Å². The number of nitrogens with one attached hydrogen (secondary N) is 1. The Morgan fingerprint density at radius 2 is 1.96 bits per heavy atom. The molecule has 0 saturated carbocycles. The molecule has 1 aromatic heterocycles. The lowest BCUT2D eigenvalue weighted by molar-refractivity contribution is 0.0296. The maximum absolute atomic E-state index is 12.6. The molecule has 4 heterocycles. The van der Waals surface area contributed by atoms with Gasteiger partial charge < -0.3 is 5.32 Å². The van der Waals surface area contributed by atoms with Crippen LogP contribution in [0.5, 0.6) is 0 Å². The van der Waals surface area contributed by atoms with E-state index in [0.717, 1.165) is 35.9 Å². The highest BCUT2D eigenvalue weighted by Crippen LogP contribution is 2.36. The maximum atomic E-state index is 12.6. The van der Waals surface area contributed by atoms with Crippen LogP contribution in [0.1, 0.15) is 28.9 Å². The van der Waals surface area contributed by atoms with Gasteiger partial charge in [-0.15, -0.1) is 11.3 Å². The van der Waals surface area contributed by atoms with E-state index in [1.54, 1.807) is 6.07 Å². The fourth-order valence-electron chi connectivity index (χ4n) is 3.60. The van der Waals surface area contributed by atoms with Gasteiger partial charge in [0.25, 0.3) is 5.91 Å². The van der Waals surface area contributed by atoms with E-state index in [0.29, 0.717) is 9.90 Å². The summed E-state index contributed by atoms with van der Waals surface area (Å²) < 4.78 is 0. The number of carbonyl (C=O) groups is 1. The van der Waals surface area contributed by atoms with Crippen LogP contribution >= 0.6 is 22.9 Å². The van der Waals surface area contributed by atoms with Crippen molar-refractivity contribution in [2.75, 3.05) is 13.1 Å². The molecule has 3 nitrogen and oxygen atoms in total. The minimum absolute atomic E-state index is 0.00312. The zero-order chi connectivity index (χ0) is 15.8. The third-order valence-electron chi connectivity index (χ3n) is 4.89. The molecule has 1 atom stereocenters. The summed E-state index contributed by atoms with van der Waals surface area (Å²) in [6.07, 6.45) is 3.82. The van der Waals surface area contributed by atoms with Crippen molar-refractivity contribution in [2.45, 2.75) is 25.4 Å². The van der Waals surface area contributed by atoms with Gasteiger partial charge in [0, 0.05) is 13.1 Å². The second-order valence-corrected chi connectivity index (χ2v) is 7.82. The Kier molecular flexibility index (Phi) is 4.14. The first-order chi connectivity index (χ1) is 11.2. The average Bonchev–Trinajstić information content (AvgIpc) is 2.99. The lowest BCUT2D eigenvalue weighted by atomic mass is 9.86. The first-order valence-corrected chi connectivity index (χ1v) is 9.30. The summed E-state index contributed by atoms with van der Waals surface area (Å²) in [4.78, 5) is 16.6. The highest BCUT2D eigenvalue weighted by atomic mass is 35.5. The Bertz CT molecular complexity index is 707. The summed E-state index contributed by atoms with van der Waals surface area (Å²) in [5.74, 6) is 0.772. The van der Waals surface area contributed by atoms with Crippen molar-refractivity contribution in [1.82, 2.24) is 10.2 Å². The van der Waals surface area contributed by atoms with Crippen LogP contribution in [0.25, 0.3) is 10.4 Å². The van der Waals surface area contributed by atoms with Gasteiger partial charge in [0.15, 0.2) is 0 Å². The van der Waals surface area contributed by atoms with Crippen LogP contribution in [-0.4, -0.2) is 30.1 Å². The van der Waals surface area contributed by atoms with Crippen molar-refractivity contribution in [3.05, 3.63) is 46.3 Å². The summed E-state index contributed by atoms with van der Waals surface area (Å²) in [6.45, 7) is 2.21. The van der Waals surface area contributed by atoms with Gasteiger partial charge in [-0.05, 0) is 36.8 Å². The molecule has 1 N–H and O–H groups in total. The van der Waals surface area contributed by atoms with Gasteiger partial charge >= 0.3 is 0 Å². The van der Waals surface area contributed by atoms with Crippen LogP contribution < -0.4 is 5.32 Å². The highest BCUT2D eigenvalue weighted by molar-refractivity contribution is 7.18. The Labute approximate surface area is 145 Å². The van der Waals surface area contributed by atoms with Gasteiger partial charge in [-0.3, -0.25) is 9.69 Å². The molecule has 3 fully saturated rings. The number of hydrogen-bond acceptors (Lipinski definition) is 3. The van der Waals surface area contributed by atoms with Gasteiger partial charge in [-0.25, -0.2) is 0 Å². The molecule has 1 amide bonds. The van der Waals surface area contributed by atoms with E-state index < -0.39 is 0 Å². The van der Waals surface area contributed by atoms with E-state index in [9.17, 15) is 4.79 Å². The normalized spacial score (nSPS) is 26.2. The van der Waals surface area contributed by atoms with E-state index in [-0.39, 0.29) is 12.1 Å². The molecule has 3 aliphatic heterocycles. The molecule has 23 heavy (non-hydrogen) atoms. The van der Waals surface area contributed by atoms with Gasteiger partial charge in [0.1, 0.15) is 0 Å². The van der Waals surface area contributed by atoms with Crippen LogP contribution in [0.3, 0.4) is 0 Å². The molecule has 3 aliphatic rings. The minimum Gasteiger partial charge on any atom is -0.336 e. The Morgan fingerprint density at radius 1 is 1.22 bits per heavy atom. The molecular weight excluding hydrogens is 328 g/mol. The second kappa shape index (κ2) is 6.27. The number of thiophene rings is 1. The molecule has 2 aromatic rings. The van der Waals surface area contributed by atoms with Gasteiger partial charge in [-0.1, -0.05) is 41.9 Å². The highest BCUT2D eigenvalue weighted by Gasteiger charge is 2.34. The lowest BCUT2D eigenvalue weighted by Crippen LogP contribution is -2.56. The van der Waals surface area contributed by atoms with Crippen molar-refractivity contribution in [1.29, 1.82) is 0 Å². The number of hydrogen-bond donors (Lipinski definition) is 1. The van der Waals surface area contributed by atoms with Crippen LogP contribution in [0.15, 0.2) is 36.4 Å². The smallest absolute Gasteiger partial charge is 0.262 e. The topological polar surface area (TPSA) is 32.3 Å². The van der Waals surface area contributed by atoms with Crippen molar-refractivity contribution in [3.63, 3.8) is 0 Å². The first kappa shape index (κ1) is 15.2. The molecule has 0 aliphatic carbocycles. The summed E-state index contributed by atoms with van der Waals surface area (Å²) in [5, 5.41) is 3.85. The average molecular weight is 347 g/mol. The van der Waals surface area contributed by atoms with Crippen molar-refractivity contribution < 1.29 is 4.79 Å². The molecule has 5 heteroatoms. The zero-order valence-corrected chi connectivity index (χ0v) is 14.4. The molecule has 2 bridgehead atoms. The predicted molar refractivity (Wildman–Crippen MR) is 94.9 cm³/mol. The number of benzene rings is 1. The Balaban J connectivity index is 1.51. The number of carbonyl (C=O) groups excluding carboxylic acids is 1. The summed E-state index contributed by atoms with van der Waals surface area (Å²) >= 11 is 7.82. The molecular formula is C18H19ClN2OS. The van der Waals surface area contributed by atoms with E-state index in [1.165, 1.54) is 24.2 Å². The molecule has 0 spiro atoms. The number of fused-ring (bicyclic) bond motifs is 3. The lowest BCUT2D eigenvalue weighted by Gasteiger charge is -2.45. The largest absolute Gasteiger partial charge is 0.336 e. The van der Waals surface area contributed by atoms with Crippen LogP contribution in [0.4, 0.5) is 0 Å². The van der Waals surface area contributed by atoms with Crippen molar-refractivity contribution >= 4 is 28.8 Å². The molecule has 1 aromatic carbocycles.